The Morgan fingerprint density at radius 2 is 1.74 bits per heavy atom. The maximum Gasteiger partial charge on any atom is 0.316 e. The van der Waals surface area contributed by atoms with Crippen LogP contribution in [0.15, 0.2) is 59.5 Å². The van der Waals surface area contributed by atoms with E-state index in [1.54, 1.807) is 23.1 Å². The number of carbonyl (C=O) groups is 2. The van der Waals surface area contributed by atoms with E-state index in [1.165, 1.54) is 6.07 Å². The first-order valence-electron chi connectivity index (χ1n) is 8.29. The van der Waals surface area contributed by atoms with E-state index in [0.717, 1.165) is 17.4 Å². The van der Waals surface area contributed by atoms with Crippen molar-refractivity contribution in [3.8, 4) is 0 Å². The van der Waals surface area contributed by atoms with Gasteiger partial charge in [-0.25, -0.2) is 0 Å². The highest BCUT2D eigenvalue weighted by molar-refractivity contribution is 8.00. The van der Waals surface area contributed by atoms with Crippen molar-refractivity contribution in [2.24, 2.45) is 0 Å². The fourth-order valence-corrected chi connectivity index (χ4v) is 3.26. The molecule has 0 aliphatic rings. The minimum atomic E-state index is -0.608. The number of anilines is 1. The Balaban J connectivity index is 1.91. The second-order valence-corrected chi connectivity index (χ2v) is 6.88. The van der Waals surface area contributed by atoms with Crippen molar-refractivity contribution in [2.45, 2.75) is 24.8 Å². The smallest absolute Gasteiger partial charge is 0.316 e. The number of ether oxygens (including phenoxy) is 1. The molecule has 0 atom stereocenters. The minimum Gasteiger partial charge on any atom is -0.455 e. The van der Waals surface area contributed by atoms with E-state index in [1.807, 2.05) is 44.2 Å². The van der Waals surface area contributed by atoms with Gasteiger partial charge in [-0.3, -0.25) is 19.7 Å². The lowest BCUT2D eigenvalue weighted by Gasteiger charge is -2.26. The predicted octanol–water partition coefficient (Wildman–Crippen LogP) is 3.67. The number of rotatable bonds is 8. The topological polar surface area (TPSA) is 89.8 Å². The lowest BCUT2D eigenvalue weighted by atomic mass is 10.2. The maximum atomic E-state index is 12.5. The Morgan fingerprint density at radius 1 is 1.11 bits per heavy atom. The third-order valence-corrected chi connectivity index (χ3v) is 4.62. The average Bonchev–Trinajstić information content (AvgIpc) is 2.65. The van der Waals surface area contributed by atoms with Crippen LogP contribution in [0.1, 0.15) is 13.8 Å². The van der Waals surface area contributed by atoms with E-state index in [-0.39, 0.29) is 30.0 Å². The van der Waals surface area contributed by atoms with Gasteiger partial charge in [0.25, 0.3) is 11.6 Å². The quantitative estimate of drug-likeness (QED) is 0.297. The van der Waals surface area contributed by atoms with Crippen molar-refractivity contribution >= 4 is 35.0 Å². The van der Waals surface area contributed by atoms with Gasteiger partial charge in [-0.2, -0.15) is 0 Å². The first-order valence-corrected chi connectivity index (χ1v) is 9.27. The van der Waals surface area contributed by atoms with Crippen LogP contribution in [0.25, 0.3) is 0 Å². The Morgan fingerprint density at radius 3 is 2.37 bits per heavy atom. The molecule has 142 valence electrons. The molecule has 0 bridgehead atoms. The van der Waals surface area contributed by atoms with Crippen molar-refractivity contribution in [1.82, 2.24) is 0 Å². The Kier molecular flexibility index (Phi) is 7.36. The molecule has 0 saturated heterocycles. The monoisotopic (exact) mass is 388 g/mol. The zero-order valence-electron chi connectivity index (χ0n) is 15.0. The number of para-hydroxylation sites is 2. The number of thioether (sulfide) groups is 1. The summed E-state index contributed by atoms with van der Waals surface area (Å²) in [4.78, 5) is 36.8. The van der Waals surface area contributed by atoms with Crippen molar-refractivity contribution in [3.05, 3.63) is 64.7 Å². The van der Waals surface area contributed by atoms with Gasteiger partial charge in [-0.1, -0.05) is 30.3 Å². The highest BCUT2D eigenvalue weighted by Gasteiger charge is 2.21. The molecule has 0 saturated carbocycles. The molecule has 2 aromatic rings. The van der Waals surface area contributed by atoms with Gasteiger partial charge in [0.15, 0.2) is 6.61 Å². The predicted molar refractivity (Wildman–Crippen MR) is 104 cm³/mol. The van der Waals surface area contributed by atoms with Gasteiger partial charge >= 0.3 is 5.97 Å². The van der Waals surface area contributed by atoms with Crippen LogP contribution in [-0.4, -0.2) is 35.2 Å². The molecule has 0 fully saturated rings. The lowest BCUT2D eigenvalue weighted by molar-refractivity contribution is -0.387. The van der Waals surface area contributed by atoms with E-state index in [4.69, 9.17) is 4.74 Å². The summed E-state index contributed by atoms with van der Waals surface area (Å²) in [6.07, 6.45) is 0. The number of benzene rings is 2. The normalized spacial score (nSPS) is 10.5. The second-order valence-electron chi connectivity index (χ2n) is 5.87. The van der Waals surface area contributed by atoms with Crippen molar-refractivity contribution in [3.63, 3.8) is 0 Å². The van der Waals surface area contributed by atoms with Crippen LogP contribution in [0, 0.1) is 10.1 Å². The number of esters is 1. The Hall–Kier alpha value is -2.87. The molecule has 0 unspecified atom stereocenters. The molecule has 7 nitrogen and oxygen atoms in total. The molecule has 1 amide bonds. The van der Waals surface area contributed by atoms with Crippen molar-refractivity contribution in [1.29, 1.82) is 0 Å². The summed E-state index contributed by atoms with van der Waals surface area (Å²) in [5.74, 6) is -1.06. The highest BCUT2D eigenvalue weighted by atomic mass is 32.2. The van der Waals surface area contributed by atoms with E-state index >= 15 is 0 Å². The highest BCUT2D eigenvalue weighted by Crippen LogP contribution is 2.28. The van der Waals surface area contributed by atoms with Gasteiger partial charge in [0.2, 0.25) is 0 Å². The molecular weight excluding hydrogens is 368 g/mol. The third kappa shape index (κ3) is 5.82. The Labute approximate surface area is 161 Å². The summed E-state index contributed by atoms with van der Waals surface area (Å²) in [6, 6.07) is 15.2. The Bertz CT molecular complexity index is 811. The lowest BCUT2D eigenvalue weighted by Crippen LogP contribution is -2.40. The molecule has 2 aromatic carbocycles. The zero-order valence-corrected chi connectivity index (χ0v) is 15.8. The summed E-state index contributed by atoms with van der Waals surface area (Å²) >= 11 is 1.01. The molecular formula is C19H20N2O5S. The zero-order chi connectivity index (χ0) is 19.8. The average molecular weight is 388 g/mol. The van der Waals surface area contributed by atoms with Gasteiger partial charge in [0.1, 0.15) is 0 Å². The summed E-state index contributed by atoms with van der Waals surface area (Å²) in [6.45, 7) is 3.36. The SMILES string of the molecule is CC(C)N(C(=O)COC(=O)CSc1ccccc1[N+](=O)[O-])c1ccccc1. The van der Waals surface area contributed by atoms with Crippen LogP contribution in [0.2, 0.25) is 0 Å². The van der Waals surface area contributed by atoms with Crippen LogP contribution in [0.4, 0.5) is 11.4 Å². The van der Waals surface area contributed by atoms with Gasteiger partial charge in [-0.05, 0) is 32.0 Å². The molecule has 27 heavy (non-hydrogen) atoms. The first-order chi connectivity index (χ1) is 12.9. The molecule has 0 N–H and O–H groups in total. The van der Waals surface area contributed by atoms with Crippen LogP contribution >= 0.6 is 11.8 Å². The van der Waals surface area contributed by atoms with Crippen LogP contribution < -0.4 is 4.90 Å². The summed E-state index contributed by atoms with van der Waals surface area (Å²) in [7, 11) is 0. The number of nitrogens with zero attached hydrogens (tertiary/aromatic N) is 2. The number of carbonyl (C=O) groups excluding carboxylic acids is 2. The number of hydrogen-bond donors (Lipinski definition) is 0. The number of nitro benzene ring substituents is 1. The summed E-state index contributed by atoms with van der Waals surface area (Å²) in [5, 5.41) is 11.0. The van der Waals surface area contributed by atoms with E-state index in [9.17, 15) is 19.7 Å². The summed E-state index contributed by atoms with van der Waals surface area (Å²) < 4.78 is 5.06. The molecule has 0 radical (unpaired) electrons. The molecule has 0 aromatic heterocycles. The van der Waals surface area contributed by atoms with Gasteiger partial charge < -0.3 is 9.64 Å². The van der Waals surface area contributed by atoms with E-state index in [2.05, 4.69) is 0 Å². The summed E-state index contributed by atoms with van der Waals surface area (Å²) in [5.41, 5.74) is 0.657. The first kappa shape index (κ1) is 20.4. The van der Waals surface area contributed by atoms with E-state index in [0.29, 0.717) is 4.90 Å². The molecule has 0 heterocycles. The number of hydrogen-bond acceptors (Lipinski definition) is 6. The molecule has 0 spiro atoms. The largest absolute Gasteiger partial charge is 0.455 e. The fraction of sp³-hybridized carbons (Fsp3) is 0.263. The van der Waals surface area contributed by atoms with Crippen LogP contribution in [0.3, 0.4) is 0 Å². The minimum absolute atomic E-state index is 0.0681. The molecule has 0 aliphatic carbocycles. The fourth-order valence-electron chi connectivity index (χ4n) is 2.44. The second kappa shape index (κ2) is 9.72. The van der Waals surface area contributed by atoms with Crippen LogP contribution in [0.5, 0.6) is 0 Å². The van der Waals surface area contributed by atoms with Gasteiger partial charge in [0, 0.05) is 17.8 Å². The van der Waals surface area contributed by atoms with Crippen molar-refractivity contribution in [2.75, 3.05) is 17.3 Å². The maximum absolute atomic E-state index is 12.5. The van der Waals surface area contributed by atoms with Gasteiger partial charge in [-0.15, -0.1) is 11.8 Å². The van der Waals surface area contributed by atoms with Gasteiger partial charge in [0.05, 0.1) is 15.6 Å². The number of nitro groups is 1. The van der Waals surface area contributed by atoms with E-state index < -0.39 is 10.9 Å². The van der Waals surface area contributed by atoms with Crippen LogP contribution in [-0.2, 0) is 14.3 Å². The third-order valence-electron chi connectivity index (χ3n) is 3.58. The molecule has 0 aliphatic heterocycles. The molecule has 2 rings (SSSR count). The standard InChI is InChI=1S/C19H20N2O5S/c1-14(2)20(15-8-4-3-5-9-15)18(22)12-26-19(23)13-27-17-11-7-6-10-16(17)21(24)25/h3-11,14H,12-13H2,1-2H3. The molecule has 8 heteroatoms. The van der Waals surface area contributed by atoms with Crippen molar-refractivity contribution < 1.29 is 19.2 Å². The number of amides is 1.